The van der Waals surface area contributed by atoms with Crippen LogP contribution in [0.4, 0.5) is 4.39 Å². The molecule has 0 aliphatic carbocycles. The summed E-state index contributed by atoms with van der Waals surface area (Å²) in [6, 6.07) is 3.99. The maximum atomic E-state index is 14.7. The molecule has 0 saturated carbocycles. The number of hydrogen-bond acceptors (Lipinski definition) is 0. The van der Waals surface area contributed by atoms with Gasteiger partial charge < -0.3 is 0 Å². The normalized spacial score (nSPS) is 12.6. The molecular formula is C13H20BF. The third-order valence-electron chi connectivity index (χ3n) is 3.74. The summed E-state index contributed by atoms with van der Waals surface area (Å²) in [6.45, 7) is 9.82. The first-order chi connectivity index (χ1) is 6.98. The van der Waals surface area contributed by atoms with Crippen molar-refractivity contribution >= 4 is 6.91 Å². The van der Waals surface area contributed by atoms with Gasteiger partial charge in [0.05, 0.1) is 0 Å². The average molecular weight is 206 g/mol. The Hall–Kier alpha value is -0.655. The molecule has 15 heavy (non-hydrogen) atoms. The minimum absolute atomic E-state index is 0.419. The van der Waals surface area contributed by atoms with Crippen LogP contribution < -0.4 is 0 Å². The summed E-state index contributed by atoms with van der Waals surface area (Å²) >= 11 is 0. The Morgan fingerprint density at radius 3 is 2.27 bits per heavy atom. The van der Waals surface area contributed by atoms with Crippen LogP contribution in [0.15, 0.2) is 24.1 Å². The first kappa shape index (κ1) is 12.4. The van der Waals surface area contributed by atoms with Crippen LogP contribution >= 0.6 is 0 Å². The predicted molar refractivity (Wildman–Crippen MR) is 65.2 cm³/mol. The van der Waals surface area contributed by atoms with Crippen molar-refractivity contribution < 1.29 is 4.39 Å². The molecule has 0 amide bonds. The summed E-state index contributed by atoms with van der Waals surface area (Å²) < 4.78 is 14.7. The van der Waals surface area contributed by atoms with Crippen molar-refractivity contribution in [1.82, 2.24) is 0 Å². The molecule has 82 valence electrons. The van der Waals surface area contributed by atoms with Crippen molar-refractivity contribution in [3.05, 3.63) is 29.6 Å². The van der Waals surface area contributed by atoms with E-state index in [9.17, 15) is 4.39 Å². The van der Waals surface area contributed by atoms with Crippen LogP contribution in [-0.4, -0.2) is 12.6 Å². The van der Waals surface area contributed by atoms with Gasteiger partial charge in [-0.1, -0.05) is 0 Å². The Bertz CT molecular complexity index is 302. The topological polar surface area (TPSA) is 0 Å². The molecule has 0 N–H and O–H groups in total. The van der Waals surface area contributed by atoms with Crippen LogP contribution in [0, 0.1) is 0 Å². The molecule has 0 saturated heterocycles. The molecule has 1 aromatic rings. The molecule has 2 heteroatoms. The number of hydrogen-bond donors (Lipinski definition) is 0. The third-order valence-corrected chi connectivity index (χ3v) is 3.74. The van der Waals surface area contributed by atoms with E-state index < -0.39 is 11.1 Å². The molecule has 0 aliphatic heterocycles. The monoisotopic (exact) mass is 206 g/mol. The summed E-state index contributed by atoms with van der Waals surface area (Å²) in [6.07, 6.45) is 1.12. The first-order valence-corrected chi connectivity index (χ1v) is 5.72. The molecule has 0 aliphatic rings. The van der Waals surface area contributed by atoms with E-state index in [-0.39, 0.29) is 0 Å². The second-order valence-corrected chi connectivity index (χ2v) is 4.66. The van der Waals surface area contributed by atoms with Crippen molar-refractivity contribution in [3.63, 3.8) is 0 Å². The summed E-state index contributed by atoms with van der Waals surface area (Å²) in [4.78, 5) is 0. The minimum atomic E-state index is -1.12. The Morgan fingerprint density at radius 2 is 1.87 bits per heavy atom. The van der Waals surface area contributed by atoms with Gasteiger partial charge in [-0.3, -0.25) is 0 Å². The molecule has 1 heterocycles. The zero-order valence-electron chi connectivity index (χ0n) is 10.2. The van der Waals surface area contributed by atoms with Gasteiger partial charge in [0.25, 0.3) is 0 Å². The van der Waals surface area contributed by atoms with Crippen molar-refractivity contribution in [3.8, 4) is 0 Å². The standard InChI is InChI=1S/C13H20BF/c1-5-13(15,6-2)12(3,4)11-8-7-9-14-10-11/h7-10H,5-6H2,1-4H3. The maximum absolute atomic E-state index is 14.7. The second-order valence-electron chi connectivity index (χ2n) is 4.66. The van der Waals surface area contributed by atoms with Crippen LogP contribution in [0.25, 0.3) is 0 Å². The van der Waals surface area contributed by atoms with E-state index in [4.69, 9.17) is 0 Å². The van der Waals surface area contributed by atoms with Gasteiger partial charge in [0.15, 0.2) is 0 Å². The summed E-state index contributed by atoms with van der Waals surface area (Å²) in [7, 11) is 0. The molecule has 0 spiro atoms. The van der Waals surface area contributed by atoms with E-state index in [0.29, 0.717) is 12.8 Å². The SMILES string of the molecule is CCC(F)(CC)C(C)(C)c1cbccc1. The molecule has 0 radical (unpaired) electrons. The summed E-state index contributed by atoms with van der Waals surface area (Å²) in [5.41, 5.74) is -0.456. The van der Waals surface area contributed by atoms with Gasteiger partial charge >= 0.3 is 92.5 Å². The fraction of sp³-hybridized carbons (Fsp3) is 0.615. The van der Waals surface area contributed by atoms with Gasteiger partial charge in [-0.2, -0.15) is 0 Å². The fourth-order valence-electron chi connectivity index (χ4n) is 2.25. The number of rotatable bonds is 4. The van der Waals surface area contributed by atoms with Crippen LogP contribution in [0.1, 0.15) is 46.1 Å². The Morgan fingerprint density at radius 1 is 1.27 bits per heavy atom. The van der Waals surface area contributed by atoms with Gasteiger partial charge in [-0.25, -0.2) is 0 Å². The molecule has 0 nitrogen and oxygen atoms in total. The summed E-state index contributed by atoms with van der Waals surface area (Å²) in [5, 5.41) is 0. The van der Waals surface area contributed by atoms with Gasteiger partial charge in [0.1, 0.15) is 0 Å². The van der Waals surface area contributed by atoms with E-state index in [1.807, 2.05) is 58.7 Å². The van der Waals surface area contributed by atoms with Crippen molar-refractivity contribution in [2.45, 2.75) is 51.6 Å². The van der Waals surface area contributed by atoms with E-state index in [1.165, 1.54) is 0 Å². The van der Waals surface area contributed by atoms with Crippen LogP contribution in [0.3, 0.4) is 0 Å². The number of alkyl halides is 1. The Labute approximate surface area is 93.1 Å². The second kappa shape index (κ2) is 4.46. The van der Waals surface area contributed by atoms with Gasteiger partial charge in [-0.05, 0) is 0 Å². The first-order valence-electron chi connectivity index (χ1n) is 5.72. The van der Waals surface area contributed by atoms with E-state index in [1.54, 1.807) is 0 Å². The van der Waals surface area contributed by atoms with E-state index >= 15 is 0 Å². The average Bonchev–Trinajstić information content (AvgIpc) is 2.29. The van der Waals surface area contributed by atoms with Crippen molar-refractivity contribution in [1.29, 1.82) is 0 Å². The van der Waals surface area contributed by atoms with Crippen LogP contribution in [0.2, 0.25) is 0 Å². The molecule has 0 unspecified atom stereocenters. The van der Waals surface area contributed by atoms with E-state index in [0.717, 1.165) is 5.56 Å². The molecule has 0 atom stereocenters. The molecule has 1 rings (SSSR count). The Balaban J connectivity index is 3.12. The van der Waals surface area contributed by atoms with Gasteiger partial charge in [-0.15, -0.1) is 0 Å². The Kier molecular flexibility index (Phi) is 3.69. The molecular weight excluding hydrogens is 186 g/mol. The zero-order chi connectivity index (χ0) is 11.5. The quantitative estimate of drug-likeness (QED) is 0.702. The van der Waals surface area contributed by atoms with Crippen molar-refractivity contribution in [2.75, 3.05) is 0 Å². The van der Waals surface area contributed by atoms with Crippen molar-refractivity contribution in [2.24, 2.45) is 0 Å². The third kappa shape index (κ3) is 2.14. The van der Waals surface area contributed by atoms with Crippen LogP contribution in [-0.2, 0) is 5.41 Å². The van der Waals surface area contributed by atoms with Gasteiger partial charge in [0, 0.05) is 0 Å². The predicted octanol–water partition coefficient (Wildman–Crippen LogP) is 3.83. The summed E-state index contributed by atoms with van der Waals surface area (Å²) in [5.74, 6) is 3.98. The molecule has 0 bridgehead atoms. The molecule has 0 fully saturated rings. The van der Waals surface area contributed by atoms with Crippen LogP contribution in [0.5, 0.6) is 0 Å². The fourth-order valence-corrected chi connectivity index (χ4v) is 2.25. The van der Waals surface area contributed by atoms with Gasteiger partial charge in [0.2, 0.25) is 0 Å². The number of halogens is 1. The molecule has 1 aromatic heterocycles. The van der Waals surface area contributed by atoms with E-state index in [2.05, 4.69) is 0 Å². The zero-order valence-corrected chi connectivity index (χ0v) is 10.2. The molecule has 0 aromatic carbocycles.